The molecule has 0 bridgehead atoms. The van der Waals surface area contributed by atoms with Crippen molar-refractivity contribution in [3.63, 3.8) is 0 Å². The second-order valence-electron chi connectivity index (χ2n) is 4.84. The number of amides is 1. The number of piperidine rings is 1. The molecule has 1 aliphatic heterocycles. The van der Waals surface area contributed by atoms with E-state index in [4.69, 9.17) is 0 Å². The molecule has 2 rings (SSSR count). The molecule has 1 N–H and O–H groups in total. The molecule has 1 aromatic rings. The summed E-state index contributed by atoms with van der Waals surface area (Å²) in [6, 6.07) is 6.08. The lowest BCUT2D eigenvalue weighted by Gasteiger charge is -2.25. The van der Waals surface area contributed by atoms with Crippen LogP contribution >= 0.6 is 22.6 Å². The summed E-state index contributed by atoms with van der Waals surface area (Å²) in [5.74, 6) is 0.0983. The number of rotatable bonds is 3. The van der Waals surface area contributed by atoms with Crippen molar-refractivity contribution in [1.29, 1.82) is 0 Å². The van der Waals surface area contributed by atoms with Gasteiger partial charge in [0.2, 0.25) is 5.91 Å². The SMILES string of the molecule is Cc1cc(I)ccc1NC(=O)CN1CCCCC1. The monoisotopic (exact) mass is 358 g/mol. The molecule has 1 fully saturated rings. The van der Waals surface area contributed by atoms with Gasteiger partial charge in [0.1, 0.15) is 0 Å². The Bertz CT molecular complexity index is 428. The van der Waals surface area contributed by atoms with E-state index in [2.05, 4.69) is 38.9 Å². The lowest BCUT2D eigenvalue weighted by atomic mass is 10.1. The molecule has 0 aromatic heterocycles. The van der Waals surface area contributed by atoms with Crippen molar-refractivity contribution in [2.45, 2.75) is 26.2 Å². The fraction of sp³-hybridized carbons (Fsp3) is 0.500. The van der Waals surface area contributed by atoms with Crippen LogP contribution in [0.3, 0.4) is 0 Å². The Labute approximate surface area is 122 Å². The number of carbonyl (C=O) groups excluding carboxylic acids is 1. The molecule has 4 heteroatoms. The standard InChI is InChI=1S/C14H19IN2O/c1-11-9-12(15)5-6-13(11)16-14(18)10-17-7-3-2-4-8-17/h5-6,9H,2-4,7-8,10H2,1H3,(H,16,18). The average Bonchev–Trinajstić information content (AvgIpc) is 2.34. The first-order valence-electron chi connectivity index (χ1n) is 6.43. The molecule has 0 atom stereocenters. The van der Waals surface area contributed by atoms with Gasteiger partial charge in [-0.25, -0.2) is 0 Å². The van der Waals surface area contributed by atoms with E-state index in [1.165, 1.54) is 22.8 Å². The van der Waals surface area contributed by atoms with E-state index in [9.17, 15) is 4.79 Å². The van der Waals surface area contributed by atoms with Crippen LogP contribution < -0.4 is 5.32 Å². The molecule has 1 heterocycles. The lowest BCUT2D eigenvalue weighted by molar-refractivity contribution is -0.117. The van der Waals surface area contributed by atoms with Crippen LogP contribution in [0.5, 0.6) is 0 Å². The van der Waals surface area contributed by atoms with E-state index in [0.29, 0.717) is 6.54 Å². The maximum Gasteiger partial charge on any atom is 0.238 e. The van der Waals surface area contributed by atoms with E-state index >= 15 is 0 Å². The molecule has 18 heavy (non-hydrogen) atoms. The Hall–Kier alpha value is -0.620. The summed E-state index contributed by atoms with van der Waals surface area (Å²) in [6.07, 6.45) is 3.74. The summed E-state index contributed by atoms with van der Waals surface area (Å²) in [5, 5.41) is 3.00. The Morgan fingerprint density at radius 2 is 2.06 bits per heavy atom. The zero-order valence-electron chi connectivity index (χ0n) is 10.7. The van der Waals surface area contributed by atoms with E-state index < -0.39 is 0 Å². The Balaban J connectivity index is 1.90. The average molecular weight is 358 g/mol. The Kier molecular flexibility index (Phi) is 5.00. The smallest absolute Gasteiger partial charge is 0.238 e. The third-order valence-corrected chi connectivity index (χ3v) is 3.95. The third kappa shape index (κ3) is 3.95. The van der Waals surface area contributed by atoms with Crippen molar-refractivity contribution < 1.29 is 4.79 Å². The molecule has 1 aromatic carbocycles. The summed E-state index contributed by atoms with van der Waals surface area (Å²) in [4.78, 5) is 14.2. The molecule has 0 spiro atoms. The predicted octanol–water partition coefficient (Wildman–Crippen LogP) is 3.02. The third-order valence-electron chi connectivity index (χ3n) is 3.28. The van der Waals surface area contributed by atoms with Gasteiger partial charge in [-0.2, -0.15) is 0 Å². The van der Waals surface area contributed by atoms with Gasteiger partial charge in [0.05, 0.1) is 6.54 Å². The van der Waals surface area contributed by atoms with Gasteiger partial charge in [-0.3, -0.25) is 9.69 Å². The number of hydrogen-bond acceptors (Lipinski definition) is 2. The van der Waals surface area contributed by atoms with Crippen LogP contribution in [0.2, 0.25) is 0 Å². The van der Waals surface area contributed by atoms with Crippen molar-refractivity contribution in [2.24, 2.45) is 0 Å². The normalized spacial score (nSPS) is 16.6. The van der Waals surface area contributed by atoms with Gasteiger partial charge < -0.3 is 5.32 Å². The quantitative estimate of drug-likeness (QED) is 0.843. The maximum absolute atomic E-state index is 12.0. The Morgan fingerprint density at radius 1 is 1.33 bits per heavy atom. The van der Waals surface area contributed by atoms with Crippen molar-refractivity contribution in [3.05, 3.63) is 27.3 Å². The summed E-state index contributed by atoms with van der Waals surface area (Å²) >= 11 is 2.28. The summed E-state index contributed by atoms with van der Waals surface area (Å²) in [6.45, 7) is 4.66. The number of benzene rings is 1. The second kappa shape index (κ2) is 6.52. The summed E-state index contributed by atoms with van der Waals surface area (Å²) in [7, 11) is 0. The van der Waals surface area contributed by atoms with Crippen LogP contribution in [-0.4, -0.2) is 30.4 Å². The highest BCUT2D eigenvalue weighted by molar-refractivity contribution is 14.1. The number of hydrogen-bond donors (Lipinski definition) is 1. The fourth-order valence-corrected chi connectivity index (χ4v) is 2.92. The van der Waals surface area contributed by atoms with E-state index in [-0.39, 0.29) is 5.91 Å². The number of halogens is 1. The number of carbonyl (C=O) groups is 1. The minimum absolute atomic E-state index is 0.0983. The van der Waals surface area contributed by atoms with Crippen LogP contribution in [0, 0.1) is 10.5 Å². The molecule has 1 amide bonds. The molecule has 0 saturated carbocycles. The van der Waals surface area contributed by atoms with Gasteiger partial charge >= 0.3 is 0 Å². The van der Waals surface area contributed by atoms with Crippen molar-refractivity contribution in [2.75, 3.05) is 25.0 Å². The first kappa shape index (κ1) is 13.8. The molecule has 0 unspecified atom stereocenters. The van der Waals surface area contributed by atoms with Gasteiger partial charge in [-0.1, -0.05) is 6.42 Å². The van der Waals surface area contributed by atoms with Gasteiger partial charge in [-0.15, -0.1) is 0 Å². The highest BCUT2D eigenvalue weighted by Crippen LogP contribution is 2.17. The minimum atomic E-state index is 0.0983. The van der Waals surface area contributed by atoms with Crippen LogP contribution in [0.4, 0.5) is 5.69 Å². The molecule has 98 valence electrons. The number of anilines is 1. The molecule has 1 saturated heterocycles. The molecular weight excluding hydrogens is 339 g/mol. The fourth-order valence-electron chi connectivity index (χ4n) is 2.28. The maximum atomic E-state index is 12.0. The molecule has 0 radical (unpaired) electrons. The van der Waals surface area contributed by atoms with Gasteiger partial charge in [0, 0.05) is 9.26 Å². The van der Waals surface area contributed by atoms with Crippen molar-refractivity contribution in [3.8, 4) is 0 Å². The highest BCUT2D eigenvalue weighted by Gasteiger charge is 2.14. The first-order chi connectivity index (χ1) is 8.65. The zero-order chi connectivity index (χ0) is 13.0. The van der Waals surface area contributed by atoms with Crippen molar-refractivity contribution >= 4 is 34.2 Å². The number of likely N-dealkylation sites (tertiary alicyclic amines) is 1. The highest BCUT2D eigenvalue weighted by atomic mass is 127. The number of nitrogens with zero attached hydrogens (tertiary/aromatic N) is 1. The van der Waals surface area contributed by atoms with Gasteiger partial charge in [-0.05, 0) is 79.2 Å². The summed E-state index contributed by atoms with van der Waals surface area (Å²) in [5.41, 5.74) is 2.05. The molecule has 1 aliphatic rings. The van der Waals surface area contributed by atoms with Crippen LogP contribution in [0.15, 0.2) is 18.2 Å². The molecule has 0 aliphatic carbocycles. The van der Waals surface area contributed by atoms with Gasteiger partial charge in [0.15, 0.2) is 0 Å². The topological polar surface area (TPSA) is 32.3 Å². The lowest BCUT2D eigenvalue weighted by Crippen LogP contribution is -2.36. The van der Waals surface area contributed by atoms with E-state index in [0.717, 1.165) is 24.3 Å². The minimum Gasteiger partial charge on any atom is -0.325 e. The summed E-state index contributed by atoms with van der Waals surface area (Å²) < 4.78 is 1.19. The van der Waals surface area contributed by atoms with Gasteiger partial charge in [0.25, 0.3) is 0 Å². The largest absolute Gasteiger partial charge is 0.325 e. The number of aryl methyl sites for hydroxylation is 1. The first-order valence-corrected chi connectivity index (χ1v) is 7.51. The van der Waals surface area contributed by atoms with E-state index in [1.807, 2.05) is 19.1 Å². The van der Waals surface area contributed by atoms with E-state index in [1.54, 1.807) is 0 Å². The predicted molar refractivity (Wildman–Crippen MR) is 82.8 cm³/mol. The van der Waals surface area contributed by atoms with Crippen molar-refractivity contribution in [1.82, 2.24) is 4.90 Å². The van der Waals surface area contributed by atoms with Crippen LogP contribution in [0.25, 0.3) is 0 Å². The molecule has 3 nitrogen and oxygen atoms in total. The Morgan fingerprint density at radius 3 is 2.72 bits per heavy atom. The number of nitrogens with one attached hydrogen (secondary N) is 1. The van der Waals surface area contributed by atoms with Crippen LogP contribution in [0.1, 0.15) is 24.8 Å². The molecular formula is C14H19IN2O. The second-order valence-corrected chi connectivity index (χ2v) is 6.09. The van der Waals surface area contributed by atoms with Crippen LogP contribution in [-0.2, 0) is 4.79 Å². The zero-order valence-corrected chi connectivity index (χ0v) is 12.9.